The molecule has 1 amide bonds. The van der Waals surface area contributed by atoms with Crippen LogP contribution < -0.4 is 5.32 Å². The number of carbonyl (C=O) groups excluding carboxylic acids is 1. The Labute approximate surface area is 140 Å². The van der Waals surface area contributed by atoms with Crippen LogP contribution in [-0.4, -0.2) is 20.9 Å². The second kappa shape index (κ2) is 6.47. The van der Waals surface area contributed by atoms with Gasteiger partial charge in [-0.15, -0.1) is 11.3 Å². The van der Waals surface area contributed by atoms with Crippen LogP contribution in [0.4, 0.5) is 11.4 Å². The molecular weight excluding hydrogens is 330 g/mol. The Balaban J connectivity index is 1.83. The second-order valence-electron chi connectivity index (χ2n) is 4.80. The minimum atomic E-state index is -0.782. The minimum absolute atomic E-state index is 0.205. The van der Waals surface area contributed by atoms with Crippen molar-refractivity contribution in [1.29, 1.82) is 0 Å². The average molecular weight is 341 g/mol. The Kier molecular flexibility index (Phi) is 4.21. The molecule has 120 valence electrons. The summed E-state index contributed by atoms with van der Waals surface area (Å²) in [5.41, 5.74) is 0.572. The topological polar surface area (TPSA) is 105 Å². The second-order valence-corrected chi connectivity index (χ2v) is 5.69. The molecule has 2 N–H and O–H groups in total. The Hall–Kier alpha value is -3.26. The van der Waals surface area contributed by atoms with Crippen molar-refractivity contribution in [2.45, 2.75) is 0 Å². The third-order valence-corrected chi connectivity index (χ3v) is 4.09. The van der Waals surface area contributed by atoms with Gasteiger partial charge in [-0.25, -0.2) is 4.98 Å². The first-order valence-electron chi connectivity index (χ1n) is 6.84. The average Bonchev–Trinajstić information content (AvgIpc) is 3.09. The number of hydrogen-bond acceptors (Lipinski definition) is 6. The van der Waals surface area contributed by atoms with Crippen molar-refractivity contribution >= 4 is 28.6 Å². The number of benzene rings is 2. The fourth-order valence-corrected chi connectivity index (χ4v) is 2.81. The van der Waals surface area contributed by atoms with Crippen molar-refractivity contribution in [2.24, 2.45) is 0 Å². The van der Waals surface area contributed by atoms with E-state index in [4.69, 9.17) is 0 Å². The Bertz CT molecular complexity index is 892. The molecule has 0 saturated heterocycles. The highest BCUT2D eigenvalue weighted by Crippen LogP contribution is 2.30. The van der Waals surface area contributed by atoms with Crippen LogP contribution in [-0.2, 0) is 0 Å². The molecule has 0 bridgehead atoms. The number of carbonyl (C=O) groups is 1. The highest BCUT2D eigenvalue weighted by Gasteiger charge is 2.24. The molecule has 3 rings (SSSR count). The van der Waals surface area contributed by atoms with Gasteiger partial charge in [0.2, 0.25) is 0 Å². The molecule has 0 saturated carbocycles. The maximum atomic E-state index is 12.3. The van der Waals surface area contributed by atoms with E-state index in [0.717, 1.165) is 16.6 Å². The number of nitro benzene ring substituents is 1. The number of phenols is 1. The number of anilines is 1. The molecule has 8 heteroatoms. The molecule has 1 aromatic heterocycles. The normalized spacial score (nSPS) is 10.3. The van der Waals surface area contributed by atoms with Crippen molar-refractivity contribution in [3.05, 3.63) is 69.7 Å². The predicted molar refractivity (Wildman–Crippen MR) is 90.3 cm³/mol. The lowest BCUT2D eigenvalue weighted by Gasteiger charge is -2.07. The van der Waals surface area contributed by atoms with Crippen molar-refractivity contribution in [1.82, 2.24) is 4.98 Å². The van der Waals surface area contributed by atoms with Gasteiger partial charge in [-0.3, -0.25) is 14.9 Å². The van der Waals surface area contributed by atoms with Gasteiger partial charge in [0.15, 0.2) is 5.75 Å². The number of nitrogens with zero attached hydrogens (tertiary/aromatic N) is 2. The minimum Gasteiger partial charge on any atom is -0.502 e. The van der Waals surface area contributed by atoms with Crippen molar-refractivity contribution in [3.63, 3.8) is 0 Å². The lowest BCUT2D eigenvalue weighted by Crippen LogP contribution is -2.13. The molecule has 0 aliphatic rings. The van der Waals surface area contributed by atoms with E-state index in [0.29, 0.717) is 5.69 Å². The number of para-hydroxylation sites is 1. The SMILES string of the molecule is O=C(Nc1ccc(-c2nccs2)cc1)c1cccc(O)c1[N+](=O)[O-]. The monoisotopic (exact) mass is 341 g/mol. The molecule has 1 heterocycles. The van der Waals surface area contributed by atoms with Gasteiger partial charge in [-0.2, -0.15) is 0 Å². The van der Waals surface area contributed by atoms with Gasteiger partial charge in [0.1, 0.15) is 10.6 Å². The van der Waals surface area contributed by atoms with Crippen LogP contribution in [0, 0.1) is 10.1 Å². The number of nitro groups is 1. The van der Waals surface area contributed by atoms with Crippen LogP contribution in [0.2, 0.25) is 0 Å². The van der Waals surface area contributed by atoms with Crippen LogP contribution in [0.1, 0.15) is 10.4 Å². The summed E-state index contributed by atoms with van der Waals surface area (Å²) in [6.07, 6.45) is 1.71. The molecule has 0 aliphatic heterocycles. The molecule has 3 aromatic rings. The molecule has 7 nitrogen and oxygen atoms in total. The first kappa shape index (κ1) is 15.6. The Morgan fingerprint density at radius 3 is 2.58 bits per heavy atom. The van der Waals surface area contributed by atoms with Crippen molar-refractivity contribution in [2.75, 3.05) is 5.32 Å². The standard InChI is InChI=1S/C16H11N3O4S/c20-13-3-1-2-12(14(13)19(22)23)15(21)18-11-6-4-10(5-7-11)16-17-8-9-24-16/h1-9,20H,(H,18,21). The van der Waals surface area contributed by atoms with E-state index in [9.17, 15) is 20.0 Å². The summed E-state index contributed by atoms with van der Waals surface area (Å²) in [7, 11) is 0. The van der Waals surface area contributed by atoms with Gasteiger partial charge in [0.05, 0.1) is 4.92 Å². The molecule has 2 aromatic carbocycles. The zero-order chi connectivity index (χ0) is 17.1. The third kappa shape index (κ3) is 3.08. The molecule has 0 unspecified atom stereocenters. The summed E-state index contributed by atoms with van der Waals surface area (Å²) in [6, 6.07) is 10.8. The van der Waals surface area contributed by atoms with Crippen LogP contribution in [0.5, 0.6) is 5.75 Å². The van der Waals surface area contributed by atoms with Crippen LogP contribution in [0.3, 0.4) is 0 Å². The van der Waals surface area contributed by atoms with Crippen LogP contribution >= 0.6 is 11.3 Å². The summed E-state index contributed by atoms with van der Waals surface area (Å²) in [5, 5.41) is 25.9. The Morgan fingerprint density at radius 2 is 1.96 bits per heavy atom. The quantitative estimate of drug-likeness (QED) is 0.556. The van der Waals surface area contributed by atoms with E-state index in [1.807, 2.05) is 5.38 Å². The molecular formula is C16H11N3O4S. The van der Waals surface area contributed by atoms with E-state index in [-0.39, 0.29) is 5.56 Å². The van der Waals surface area contributed by atoms with Gasteiger partial charge in [0, 0.05) is 22.8 Å². The number of nitrogens with one attached hydrogen (secondary N) is 1. The smallest absolute Gasteiger partial charge is 0.323 e. The summed E-state index contributed by atoms with van der Waals surface area (Å²) in [6.45, 7) is 0. The highest BCUT2D eigenvalue weighted by molar-refractivity contribution is 7.13. The predicted octanol–water partition coefficient (Wildman–Crippen LogP) is 3.68. The maximum Gasteiger partial charge on any atom is 0.323 e. The summed E-state index contributed by atoms with van der Waals surface area (Å²) in [4.78, 5) is 26.7. The first-order chi connectivity index (χ1) is 11.6. The van der Waals surface area contributed by atoms with E-state index < -0.39 is 22.3 Å². The van der Waals surface area contributed by atoms with Gasteiger partial charge in [0.25, 0.3) is 5.91 Å². The summed E-state index contributed by atoms with van der Waals surface area (Å²) in [5.74, 6) is -1.22. The Morgan fingerprint density at radius 1 is 1.21 bits per heavy atom. The largest absolute Gasteiger partial charge is 0.502 e. The summed E-state index contributed by atoms with van der Waals surface area (Å²) < 4.78 is 0. The van der Waals surface area contributed by atoms with Gasteiger partial charge in [-0.05, 0) is 36.4 Å². The molecule has 0 aliphatic carbocycles. The molecule has 0 radical (unpaired) electrons. The molecule has 0 spiro atoms. The third-order valence-electron chi connectivity index (χ3n) is 3.26. The molecule has 0 fully saturated rings. The zero-order valence-electron chi connectivity index (χ0n) is 12.2. The molecule has 0 atom stereocenters. The number of aromatic nitrogens is 1. The van der Waals surface area contributed by atoms with Crippen molar-refractivity contribution in [3.8, 4) is 16.3 Å². The van der Waals surface area contributed by atoms with E-state index >= 15 is 0 Å². The van der Waals surface area contributed by atoms with Crippen molar-refractivity contribution < 1.29 is 14.8 Å². The number of rotatable bonds is 4. The van der Waals surface area contributed by atoms with E-state index in [1.165, 1.54) is 23.5 Å². The number of hydrogen-bond donors (Lipinski definition) is 2. The highest BCUT2D eigenvalue weighted by atomic mass is 32.1. The number of thiazole rings is 1. The number of aromatic hydroxyl groups is 1. The first-order valence-corrected chi connectivity index (χ1v) is 7.72. The van der Waals surface area contributed by atoms with Crippen LogP contribution in [0.15, 0.2) is 54.0 Å². The van der Waals surface area contributed by atoms with Gasteiger partial charge in [-0.1, -0.05) is 6.07 Å². The van der Waals surface area contributed by atoms with Gasteiger partial charge < -0.3 is 10.4 Å². The fraction of sp³-hybridized carbons (Fsp3) is 0. The fourth-order valence-electron chi connectivity index (χ4n) is 2.17. The van der Waals surface area contributed by atoms with E-state index in [2.05, 4.69) is 10.3 Å². The zero-order valence-corrected chi connectivity index (χ0v) is 13.0. The molecule has 24 heavy (non-hydrogen) atoms. The number of amides is 1. The van der Waals surface area contributed by atoms with E-state index in [1.54, 1.807) is 30.5 Å². The number of phenolic OH excluding ortho intramolecular Hbond substituents is 1. The van der Waals surface area contributed by atoms with Gasteiger partial charge >= 0.3 is 5.69 Å². The maximum absolute atomic E-state index is 12.3. The lowest BCUT2D eigenvalue weighted by molar-refractivity contribution is -0.386. The summed E-state index contributed by atoms with van der Waals surface area (Å²) >= 11 is 1.50. The van der Waals surface area contributed by atoms with Crippen LogP contribution in [0.25, 0.3) is 10.6 Å². The lowest BCUT2D eigenvalue weighted by atomic mass is 10.1.